The van der Waals surface area contributed by atoms with Gasteiger partial charge in [0.2, 0.25) is 0 Å². The zero-order valence-electron chi connectivity index (χ0n) is 13.4. The van der Waals surface area contributed by atoms with Gasteiger partial charge in [0, 0.05) is 12.1 Å². The first-order valence-corrected chi connectivity index (χ1v) is 8.46. The summed E-state index contributed by atoms with van der Waals surface area (Å²) in [5.74, 6) is -0.137. The Morgan fingerprint density at radius 3 is 2.67 bits per heavy atom. The first kappa shape index (κ1) is 16.4. The molecule has 0 aromatic heterocycles. The van der Waals surface area contributed by atoms with Gasteiger partial charge in [0.05, 0.1) is 0 Å². The van der Waals surface area contributed by atoms with Gasteiger partial charge < -0.3 is 10.2 Å². The van der Waals surface area contributed by atoms with Crippen LogP contribution in [0.1, 0.15) is 57.6 Å². The smallest absolute Gasteiger partial charge is 0.123 e. The van der Waals surface area contributed by atoms with Crippen molar-refractivity contribution in [3.63, 3.8) is 0 Å². The van der Waals surface area contributed by atoms with E-state index in [9.17, 15) is 4.39 Å². The van der Waals surface area contributed by atoms with E-state index in [1.54, 1.807) is 6.07 Å². The van der Waals surface area contributed by atoms with Crippen LogP contribution < -0.4 is 5.32 Å². The third-order valence-corrected chi connectivity index (χ3v) is 4.51. The number of hydrogen-bond acceptors (Lipinski definition) is 2. The summed E-state index contributed by atoms with van der Waals surface area (Å²) in [7, 11) is 0. The minimum atomic E-state index is -0.137. The average Bonchev–Trinajstić information content (AvgIpc) is 2.51. The number of unbranched alkanes of at least 4 members (excludes halogenated alkanes) is 1. The molecule has 2 rings (SSSR count). The number of rotatable bonds is 7. The second-order valence-electron chi connectivity index (χ2n) is 6.15. The molecule has 1 saturated heterocycles. The molecule has 1 unspecified atom stereocenters. The van der Waals surface area contributed by atoms with Gasteiger partial charge in [-0.2, -0.15) is 0 Å². The molecule has 1 N–H and O–H groups in total. The standard InChI is InChI=1S/C18H29FN2/c1-3-5-11-21-12-9-17(10-13-21)20-18(4-2)15-7-6-8-16(19)14-15/h6-8,14,17-18,20H,3-5,9-13H2,1-2H3. The highest BCUT2D eigenvalue weighted by atomic mass is 19.1. The van der Waals surface area contributed by atoms with Gasteiger partial charge in [-0.3, -0.25) is 0 Å². The molecule has 21 heavy (non-hydrogen) atoms. The fourth-order valence-electron chi connectivity index (χ4n) is 3.16. The molecule has 0 spiro atoms. The van der Waals surface area contributed by atoms with Crippen LogP contribution in [-0.4, -0.2) is 30.6 Å². The molecule has 0 saturated carbocycles. The van der Waals surface area contributed by atoms with E-state index in [-0.39, 0.29) is 11.9 Å². The molecule has 2 nitrogen and oxygen atoms in total. The lowest BCUT2D eigenvalue weighted by Gasteiger charge is -2.34. The van der Waals surface area contributed by atoms with Crippen LogP contribution in [0.3, 0.4) is 0 Å². The molecular weight excluding hydrogens is 263 g/mol. The molecule has 1 fully saturated rings. The van der Waals surface area contributed by atoms with Crippen molar-refractivity contribution < 1.29 is 4.39 Å². The van der Waals surface area contributed by atoms with Crippen molar-refractivity contribution in [2.24, 2.45) is 0 Å². The Balaban J connectivity index is 1.83. The van der Waals surface area contributed by atoms with E-state index < -0.39 is 0 Å². The molecule has 0 amide bonds. The third kappa shape index (κ3) is 5.08. The highest BCUT2D eigenvalue weighted by Gasteiger charge is 2.21. The molecule has 0 bridgehead atoms. The number of halogens is 1. The summed E-state index contributed by atoms with van der Waals surface area (Å²) in [6.45, 7) is 8.04. The molecule has 0 aliphatic carbocycles. The number of nitrogens with one attached hydrogen (secondary N) is 1. The molecule has 3 heteroatoms. The molecule has 0 radical (unpaired) electrons. The Morgan fingerprint density at radius 2 is 2.05 bits per heavy atom. The Bertz CT molecular complexity index is 413. The fraction of sp³-hybridized carbons (Fsp3) is 0.667. The van der Waals surface area contributed by atoms with Crippen molar-refractivity contribution in [1.29, 1.82) is 0 Å². The van der Waals surface area contributed by atoms with Crippen molar-refractivity contribution in [3.8, 4) is 0 Å². The van der Waals surface area contributed by atoms with Gasteiger partial charge in [0.25, 0.3) is 0 Å². The summed E-state index contributed by atoms with van der Waals surface area (Å²) < 4.78 is 13.4. The van der Waals surface area contributed by atoms with Gasteiger partial charge in [-0.15, -0.1) is 0 Å². The molecule has 1 atom stereocenters. The van der Waals surface area contributed by atoms with Crippen LogP contribution >= 0.6 is 0 Å². The van der Waals surface area contributed by atoms with E-state index in [1.165, 1.54) is 51.4 Å². The number of hydrogen-bond donors (Lipinski definition) is 1. The molecule has 1 aliphatic rings. The summed E-state index contributed by atoms with van der Waals surface area (Å²) >= 11 is 0. The second kappa shape index (κ2) is 8.50. The SMILES string of the molecule is CCCCN1CCC(NC(CC)c2cccc(F)c2)CC1. The largest absolute Gasteiger partial charge is 0.307 e. The number of likely N-dealkylation sites (tertiary alicyclic amines) is 1. The van der Waals surface area contributed by atoms with Gasteiger partial charge in [-0.1, -0.05) is 32.4 Å². The van der Waals surface area contributed by atoms with E-state index >= 15 is 0 Å². The normalized spacial score (nSPS) is 18.8. The van der Waals surface area contributed by atoms with Gasteiger partial charge in [0.15, 0.2) is 0 Å². The Hall–Kier alpha value is -0.930. The van der Waals surface area contributed by atoms with Crippen LogP contribution in [0.25, 0.3) is 0 Å². The Labute approximate surface area is 128 Å². The molecule has 118 valence electrons. The fourth-order valence-corrected chi connectivity index (χ4v) is 3.16. The van der Waals surface area contributed by atoms with Crippen LogP contribution in [0.5, 0.6) is 0 Å². The summed E-state index contributed by atoms with van der Waals surface area (Å²) in [6, 6.07) is 7.85. The van der Waals surface area contributed by atoms with Crippen molar-refractivity contribution in [3.05, 3.63) is 35.6 Å². The maximum Gasteiger partial charge on any atom is 0.123 e. The lowest BCUT2D eigenvalue weighted by atomic mass is 9.99. The lowest BCUT2D eigenvalue weighted by molar-refractivity contribution is 0.188. The molecule has 1 aromatic carbocycles. The maximum absolute atomic E-state index is 13.4. The van der Waals surface area contributed by atoms with Crippen molar-refractivity contribution in [2.45, 2.75) is 58.0 Å². The van der Waals surface area contributed by atoms with Gasteiger partial charge in [-0.05, 0) is 63.0 Å². The summed E-state index contributed by atoms with van der Waals surface area (Å²) in [6.07, 6.45) is 5.99. The predicted octanol–water partition coefficient (Wildman–Crippen LogP) is 4.13. The van der Waals surface area contributed by atoms with Crippen molar-refractivity contribution in [2.75, 3.05) is 19.6 Å². The van der Waals surface area contributed by atoms with Gasteiger partial charge >= 0.3 is 0 Å². The van der Waals surface area contributed by atoms with Crippen LogP contribution in [0, 0.1) is 5.82 Å². The average molecular weight is 292 g/mol. The van der Waals surface area contributed by atoms with E-state index in [0.29, 0.717) is 6.04 Å². The van der Waals surface area contributed by atoms with Crippen LogP contribution in [-0.2, 0) is 0 Å². The lowest BCUT2D eigenvalue weighted by Crippen LogP contribution is -2.43. The molecular formula is C18H29FN2. The number of benzene rings is 1. The minimum absolute atomic E-state index is 0.137. The van der Waals surface area contributed by atoms with Gasteiger partial charge in [0.1, 0.15) is 5.82 Å². The maximum atomic E-state index is 13.4. The monoisotopic (exact) mass is 292 g/mol. The van der Waals surface area contributed by atoms with E-state index in [0.717, 1.165) is 12.0 Å². The first-order valence-electron chi connectivity index (χ1n) is 8.46. The summed E-state index contributed by atoms with van der Waals surface area (Å²) in [5.41, 5.74) is 1.07. The van der Waals surface area contributed by atoms with Crippen LogP contribution in [0.15, 0.2) is 24.3 Å². The zero-order chi connectivity index (χ0) is 15.1. The highest BCUT2D eigenvalue weighted by molar-refractivity contribution is 5.20. The molecule has 1 heterocycles. The molecule has 1 aromatic rings. The summed E-state index contributed by atoms with van der Waals surface area (Å²) in [4.78, 5) is 2.57. The quantitative estimate of drug-likeness (QED) is 0.813. The third-order valence-electron chi connectivity index (χ3n) is 4.51. The van der Waals surface area contributed by atoms with Crippen LogP contribution in [0.4, 0.5) is 4.39 Å². The zero-order valence-corrected chi connectivity index (χ0v) is 13.4. The van der Waals surface area contributed by atoms with Crippen molar-refractivity contribution in [1.82, 2.24) is 10.2 Å². The topological polar surface area (TPSA) is 15.3 Å². The predicted molar refractivity (Wildman–Crippen MR) is 86.9 cm³/mol. The van der Waals surface area contributed by atoms with E-state index in [1.807, 2.05) is 12.1 Å². The number of piperidine rings is 1. The molecule has 1 aliphatic heterocycles. The Kier molecular flexibility index (Phi) is 6.65. The van der Waals surface area contributed by atoms with Crippen molar-refractivity contribution >= 4 is 0 Å². The first-order chi connectivity index (χ1) is 10.2. The second-order valence-corrected chi connectivity index (χ2v) is 6.15. The van der Waals surface area contributed by atoms with E-state index in [2.05, 4.69) is 24.1 Å². The Morgan fingerprint density at radius 1 is 1.29 bits per heavy atom. The van der Waals surface area contributed by atoms with E-state index in [4.69, 9.17) is 0 Å². The highest BCUT2D eigenvalue weighted by Crippen LogP contribution is 2.21. The van der Waals surface area contributed by atoms with Crippen LogP contribution in [0.2, 0.25) is 0 Å². The minimum Gasteiger partial charge on any atom is -0.307 e. The number of nitrogens with zero attached hydrogens (tertiary/aromatic N) is 1. The summed E-state index contributed by atoms with van der Waals surface area (Å²) in [5, 5.41) is 3.73. The van der Waals surface area contributed by atoms with Gasteiger partial charge in [-0.25, -0.2) is 4.39 Å².